The van der Waals surface area contributed by atoms with Gasteiger partial charge >= 0.3 is 11.9 Å². The van der Waals surface area contributed by atoms with E-state index in [-0.39, 0.29) is 53.6 Å². The predicted octanol–water partition coefficient (Wildman–Crippen LogP) is 3.36. The molecular formula is C33H54N2O6+2. The first-order chi connectivity index (χ1) is 18.9. The molecular weight excluding hydrogens is 520 g/mol. The summed E-state index contributed by atoms with van der Waals surface area (Å²) in [6, 6.07) is 0. The number of ether oxygens (including phenoxy) is 2. The van der Waals surface area contributed by atoms with Crippen LogP contribution in [-0.4, -0.2) is 105 Å². The average molecular weight is 575 g/mol. The number of Topliss-reactive ketones (excluding diaryl/α,β-unsaturated/α-hetero) is 1. The fourth-order valence-corrected chi connectivity index (χ4v) is 10.1. The van der Waals surface area contributed by atoms with Gasteiger partial charge in [0.15, 0.2) is 12.3 Å². The van der Waals surface area contributed by atoms with E-state index in [0.717, 1.165) is 50.5 Å². The van der Waals surface area contributed by atoms with Crippen LogP contribution in [0.25, 0.3) is 0 Å². The highest BCUT2D eigenvalue weighted by Gasteiger charge is 2.71. The Morgan fingerprint density at radius 2 is 1.66 bits per heavy atom. The lowest BCUT2D eigenvalue weighted by molar-refractivity contribution is -0.862. The predicted molar refractivity (Wildman–Crippen MR) is 155 cm³/mol. The van der Waals surface area contributed by atoms with Crippen molar-refractivity contribution < 1.29 is 37.9 Å². The molecule has 0 bridgehead atoms. The van der Waals surface area contributed by atoms with Crippen LogP contribution >= 0.6 is 0 Å². The Morgan fingerprint density at radius 3 is 2.27 bits per heavy atom. The van der Waals surface area contributed by atoms with Gasteiger partial charge in [0, 0.05) is 23.3 Å². The number of nitrogens with zero attached hydrogens (tertiary/aromatic N) is 2. The van der Waals surface area contributed by atoms with Crippen LogP contribution in [0, 0.1) is 40.4 Å². The molecule has 0 unspecified atom stereocenters. The number of fused-ring (bicyclic) bond motifs is 5. The van der Waals surface area contributed by atoms with E-state index < -0.39 is 11.0 Å². The summed E-state index contributed by atoms with van der Waals surface area (Å²) in [6.07, 6.45) is 8.57. The number of esters is 2. The number of ketones is 1. The monoisotopic (exact) mass is 574 g/mol. The first-order valence-electron chi connectivity index (χ1n) is 15.8. The number of cyclic esters (lactones) is 1. The fourth-order valence-electron chi connectivity index (χ4n) is 10.1. The van der Waals surface area contributed by atoms with E-state index in [1.54, 1.807) is 6.08 Å². The van der Waals surface area contributed by atoms with Crippen molar-refractivity contribution in [3.05, 3.63) is 11.6 Å². The van der Waals surface area contributed by atoms with Crippen LogP contribution in [0.3, 0.4) is 0 Å². The van der Waals surface area contributed by atoms with E-state index in [0.29, 0.717) is 40.3 Å². The van der Waals surface area contributed by atoms with Crippen LogP contribution in [0.1, 0.15) is 65.2 Å². The molecule has 0 spiro atoms. The fraction of sp³-hybridized carbons (Fsp3) is 0.848. The smallest absolute Gasteiger partial charge is 0.362 e. The van der Waals surface area contributed by atoms with Gasteiger partial charge in [-0.1, -0.05) is 13.8 Å². The molecule has 230 valence electrons. The van der Waals surface area contributed by atoms with E-state index in [1.165, 1.54) is 0 Å². The third-order valence-electron chi connectivity index (χ3n) is 11.9. The van der Waals surface area contributed by atoms with Gasteiger partial charge in [0.1, 0.15) is 19.3 Å². The molecule has 0 amide bonds. The molecule has 41 heavy (non-hydrogen) atoms. The van der Waals surface area contributed by atoms with Gasteiger partial charge in [-0.2, -0.15) is 0 Å². The van der Waals surface area contributed by atoms with E-state index in [2.05, 4.69) is 13.8 Å². The van der Waals surface area contributed by atoms with Crippen LogP contribution in [-0.2, 0) is 23.9 Å². The standard InChI is InChI=1S/C33H54N2O6/c1-31-13-11-23(41-29(38)19-35(6,7)8)16-22(31)9-10-26-25(31)12-14-32(2)30(21-15-28(37)40-20-21)24(17-33(26,32)39)27(36)18-34(3,4)5/h15,22-26,30,39H,9-14,16-20H2,1-8H3/q+2/t22-,23+,24+,25+,26-,30+,31+,32-,33+/m1/s1. The van der Waals surface area contributed by atoms with Gasteiger partial charge < -0.3 is 23.5 Å². The molecule has 1 heterocycles. The Kier molecular flexibility index (Phi) is 7.60. The van der Waals surface area contributed by atoms with Crippen molar-refractivity contribution in [1.29, 1.82) is 0 Å². The lowest BCUT2D eigenvalue weighted by atomic mass is 9.43. The molecule has 4 fully saturated rings. The topological polar surface area (TPSA) is 89.9 Å². The number of hydrogen-bond donors (Lipinski definition) is 1. The summed E-state index contributed by atoms with van der Waals surface area (Å²) < 4.78 is 12.4. The van der Waals surface area contributed by atoms with E-state index in [4.69, 9.17) is 9.47 Å². The summed E-state index contributed by atoms with van der Waals surface area (Å²) in [6.45, 7) is 5.61. The lowest BCUT2D eigenvalue weighted by Gasteiger charge is -2.63. The Bertz CT molecular complexity index is 1120. The Hall–Kier alpha value is -1.77. The molecule has 5 aliphatic rings. The first-order valence-corrected chi connectivity index (χ1v) is 15.8. The quantitative estimate of drug-likeness (QED) is 0.371. The van der Waals surface area contributed by atoms with Crippen LogP contribution in [0.2, 0.25) is 0 Å². The second-order valence-electron chi connectivity index (χ2n) is 16.7. The summed E-state index contributed by atoms with van der Waals surface area (Å²) in [4.78, 5) is 38.6. The van der Waals surface area contributed by atoms with Gasteiger partial charge in [-0.3, -0.25) is 4.79 Å². The van der Waals surface area contributed by atoms with Crippen molar-refractivity contribution in [2.45, 2.75) is 76.9 Å². The molecule has 0 saturated heterocycles. The third kappa shape index (κ3) is 5.42. The Labute approximate surface area is 246 Å². The van der Waals surface area contributed by atoms with Gasteiger partial charge in [-0.25, -0.2) is 9.59 Å². The molecule has 5 rings (SSSR count). The number of aliphatic hydroxyl groups is 1. The Morgan fingerprint density at radius 1 is 0.976 bits per heavy atom. The highest BCUT2D eigenvalue weighted by atomic mass is 16.5. The second-order valence-corrected chi connectivity index (χ2v) is 16.7. The molecule has 9 atom stereocenters. The lowest BCUT2D eigenvalue weighted by Crippen LogP contribution is -2.62. The molecule has 0 aromatic heterocycles. The van der Waals surface area contributed by atoms with E-state index >= 15 is 0 Å². The van der Waals surface area contributed by atoms with E-state index in [1.807, 2.05) is 42.3 Å². The summed E-state index contributed by atoms with van der Waals surface area (Å²) in [5.41, 5.74) is -0.488. The summed E-state index contributed by atoms with van der Waals surface area (Å²) in [7, 11) is 12.1. The number of hydrogen-bond acceptors (Lipinski definition) is 6. The third-order valence-corrected chi connectivity index (χ3v) is 11.9. The summed E-state index contributed by atoms with van der Waals surface area (Å²) in [5.74, 6) is 0.173. The van der Waals surface area contributed by atoms with Crippen molar-refractivity contribution in [3.8, 4) is 0 Å². The van der Waals surface area contributed by atoms with Crippen molar-refractivity contribution in [1.82, 2.24) is 0 Å². The van der Waals surface area contributed by atoms with Crippen LogP contribution < -0.4 is 0 Å². The van der Waals surface area contributed by atoms with Crippen molar-refractivity contribution in [3.63, 3.8) is 0 Å². The van der Waals surface area contributed by atoms with Crippen molar-refractivity contribution >= 4 is 17.7 Å². The first kappa shape index (κ1) is 30.7. The number of carbonyl (C=O) groups excluding carboxylic acids is 3. The van der Waals surface area contributed by atoms with Crippen molar-refractivity contribution in [2.75, 3.05) is 62.0 Å². The van der Waals surface area contributed by atoms with Gasteiger partial charge in [0.25, 0.3) is 0 Å². The molecule has 0 aromatic carbocycles. The maximum atomic E-state index is 13.9. The number of quaternary nitrogens is 2. The number of rotatable bonds is 7. The number of carbonyl (C=O) groups is 3. The SMILES string of the molecule is C[C@]12CC[C@H](OC(=O)C[N+](C)(C)C)C[C@H]1CC[C@@H]1[C@@H]2CC[C@]2(C)[C@@H](C3=CC(=O)OC3)[C@H](C(=O)C[N+](C)(C)C)C[C@]12O. The van der Waals surface area contributed by atoms with Gasteiger partial charge in [0.05, 0.1) is 47.9 Å². The average Bonchev–Trinajstić information content (AvgIpc) is 3.34. The molecule has 0 aromatic rings. The molecule has 8 heteroatoms. The maximum absolute atomic E-state index is 13.9. The molecule has 1 N–H and O–H groups in total. The zero-order valence-electron chi connectivity index (χ0n) is 26.7. The van der Waals surface area contributed by atoms with Gasteiger partial charge in [-0.15, -0.1) is 0 Å². The summed E-state index contributed by atoms with van der Waals surface area (Å²) in [5, 5.41) is 12.9. The zero-order chi connectivity index (χ0) is 30.2. The minimum atomic E-state index is -0.972. The minimum Gasteiger partial charge on any atom is -0.458 e. The van der Waals surface area contributed by atoms with Gasteiger partial charge in [-0.05, 0) is 80.1 Å². The highest BCUT2D eigenvalue weighted by molar-refractivity contribution is 5.87. The molecule has 4 aliphatic carbocycles. The summed E-state index contributed by atoms with van der Waals surface area (Å²) >= 11 is 0. The van der Waals surface area contributed by atoms with Crippen LogP contribution in [0.15, 0.2) is 11.6 Å². The molecule has 4 saturated carbocycles. The van der Waals surface area contributed by atoms with E-state index in [9.17, 15) is 19.5 Å². The highest BCUT2D eigenvalue weighted by Crippen LogP contribution is 2.71. The largest absolute Gasteiger partial charge is 0.458 e. The number of likely N-dealkylation sites (N-methyl/N-ethyl adjacent to an activating group) is 2. The zero-order valence-corrected chi connectivity index (χ0v) is 26.7. The molecule has 1 aliphatic heterocycles. The normalized spacial score (nSPS) is 42.5. The van der Waals surface area contributed by atoms with Crippen LogP contribution in [0.5, 0.6) is 0 Å². The minimum absolute atomic E-state index is 0.0270. The maximum Gasteiger partial charge on any atom is 0.362 e. The van der Waals surface area contributed by atoms with Crippen LogP contribution in [0.4, 0.5) is 0 Å². The molecule has 0 radical (unpaired) electrons. The Balaban J connectivity index is 1.40. The molecule has 8 nitrogen and oxygen atoms in total. The second kappa shape index (κ2) is 10.2. The van der Waals surface area contributed by atoms with Crippen molar-refractivity contribution in [2.24, 2.45) is 40.4 Å². The van der Waals surface area contributed by atoms with Gasteiger partial charge in [0.2, 0.25) is 0 Å².